The highest BCUT2D eigenvalue weighted by molar-refractivity contribution is 6.30. The molecule has 5 nitrogen and oxygen atoms in total. The molecular weight excluding hydrogens is 355 g/mol. The minimum Gasteiger partial charge on any atom is -0.368 e. The smallest absolute Gasteiger partial charge is 0.228 e. The molecule has 3 heterocycles. The lowest BCUT2D eigenvalue weighted by Crippen LogP contribution is -2.49. The third-order valence-corrected chi connectivity index (χ3v) is 4.84. The van der Waals surface area contributed by atoms with E-state index in [1.165, 1.54) is 12.1 Å². The molecule has 0 spiro atoms. The summed E-state index contributed by atoms with van der Waals surface area (Å²) in [6, 6.07) is 10.1. The van der Waals surface area contributed by atoms with Crippen LogP contribution in [0.5, 0.6) is 0 Å². The Morgan fingerprint density at radius 1 is 1.04 bits per heavy atom. The number of anilines is 1. The summed E-state index contributed by atoms with van der Waals surface area (Å²) in [6.45, 7) is 2.76. The molecule has 7 heteroatoms. The van der Waals surface area contributed by atoms with Crippen LogP contribution in [0.25, 0.3) is 5.65 Å². The van der Waals surface area contributed by atoms with E-state index in [1.807, 2.05) is 21.6 Å². The lowest BCUT2D eigenvalue weighted by Gasteiger charge is -2.36. The van der Waals surface area contributed by atoms with Crippen LogP contribution in [0, 0.1) is 5.82 Å². The van der Waals surface area contributed by atoms with Gasteiger partial charge in [-0.1, -0.05) is 11.6 Å². The second-order valence-corrected chi connectivity index (χ2v) is 6.80. The average Bonchev–Trinajstić information content (AvgIpc) is 3.03. The third kappa shape index (κ3) is 3.51. The van der Waals surface area contributed by atoms with Gasteiger partial charge >= 0.3 is 0 Å². The molecule has 1 aromatic carbocycles. The Balaban J connectivity index is 1.37. The van der Waals surface area contributed by atoms with Gasteiger partial charge in [0.05, 0.1) is 17.1 Å². The van der Waals surface area contributed by atoms with E-state index >= 15 is 0 Å². The Kier molecular flexibility index (Phi) is 4.51. The Morgan fingerprint density at radius 3 is 2.50 bits per heavy atom. The molecule has 1 amide bonds. The van der Waals surface area contributed by atoms with Gasteiger partial charge in [0.2, 0.25) is 5.91 Å². The van der Waals surface area contributed by atoms with E-state index in [1.54, 1.807) is 24.4 Å². The molecule has 134 valence electrons. The molecule has 0 N–H and O–H groups in total. The van der Waals surface area contributed by atoms with Crippen LogP contribution in [0.3, 0.4) is 0 Å². The number of aromatic nitrogens is 2. The van der Waals surface area contributed by atoms with Gasteiger partial charge in [0.1, 0.15) is 11.5 Å². The number of nitrogens with zero attached hydrogens (tertiary/aromatic N) is 4. The normalized spacial score (nSPS) is 14.8. The van der Waals surface area contributed by atoms with Gasteiger partial charge < -0.3 is 14.2 Å². The standard InChI is InChI=1S/C19H18ClFN4O/c20-14-1-6-18-22-16(13-25(18)12-14)11-19(26)24-9-7-23(8-10-24)17-4-2-15(21)3-5-17/h1-6,12-13H,7-11H2. The van der Waals surface area contributed by atoms with E-state index in [9.17, 15) is 9.18 Å². The summed E-state index contributed by atoms with van der Waals surface area (Å²) >= 11 is 5.98. The summed E-state index contributed by atoms with van der Waals surface area (Å²) < 4.78 is 14.9. The first-order valence-electron chi connectivity index (χ1n) is 8.50. The number of fused-ring (bicyclic) bond motifs is 1. The molecule has 0 unspecified atom stereocenters. The van der Waals surface area contributed by atoms with Crippen molar-refractivity contribution in [2.45, 2.75) is 6.42 Å². The lowest BCUT2D eigenvalue weighted by atomic mass is 10.2. The molecule has 1 aliphatic rings. The zero-order valence-corrected chi connectivity index (χ0v) is 14.9. The van der Waals surface area contributed by atoms with E-state index in [-0.39, 0.29) is 18.1 Å². The first kappa shape index (κ1) is 16.8. The van der Waals surface area contributed by atoms with E-state index in [0.29, 0.717) is 18.1 Å². The predicted molar refractivity (Wildman–Crippen MR) is 99.1 cm³/mol. The third-order valence-electron chi connectivity index (χ3n) is 4.62. The van der Waals surface area contributed by atoms with Gasteiger partial charge in [-0.25, -0.2) is 9.37 Å². The highest BCUT2D eigenvalue weighted by atomic mass is 35.5. The van der Waals surface area contributed by atoms with Gasteiger partial charge in [-0.15, -0.1) is 0 Å². The summed E-state index contributed by atoms with van der Waals surface area (Å²) in [5.74, 6) is -0.172. The second-order valence-electron chi connectivity index (χ2n) is 6.37. The SMILES string of the molecule is O=C(Cc1cn2cc(Cl)ccc2n1)N1CCN(c2ccc(F)cc2)CC1. The average molecular weight is 373 g/mol. The number of hydrogen-bond acceptors (Lipinski definition) is 3. The number of piperazine rings is 1. The number of pyridine rings is 1. The van der Waals surface area contributed by atoms with Crippen LogP contribution >= 0.6 is 11.6 Å². The van der Waals surface area contributed by atoms with Crippen LogP contribution in [0.15, 0.2) is 48.8 Å². The molecule has 2 aromatic heterocycles. The molecule has 0 aliphatic carbocycles. The number of carbonyl (C=O) groups excluding carboxylic acids is 1. The number of carbonyl (C=O) groups is 1. The van der Waals surface area contributed by atoms with Crippen LogP contribution in [-0.4, -0.2) is 46.4 Å². The minimum atomic E-state index is -0.240. The van der Waals surface area contributed by atoms with Gasteiger partial charge in [0, 0.05) is 44.3 Å². The Bertz CT molecular complexity index is 932. The summed E-state index contributed by atoms with van der Waals surface area (Å²) in [4.78, 5) is 21.1. The first-order valence-corrected chi connectivity index (χ1v) is 8.88. The molecular formula is C19H18ClFN4O. The fourth-order valence-corrected chi connectivity index (χ4v) is 3.40. The van der Waals surface area contributed by atoms with Gasteiger partial charge in [-0.05, 0) is 36.4 Å². The topological polar surface area (TPSA) is 40.9 Å². The maximum Gasteiger partial charge on any atom is 0.228 e. The van der Waals surface area contributed by atoms with Crippen molar-refractivity contribution in [3.8, 4) is 0 Å². The fourth-order valence-electron chi connectivity index (χ4n) is 3.24. The van der Waals surface area contributed by atoms with E-state index < -0.39 is 0 Å². The number of halogens is 2. The van der Waals surface area contributed by atoms with Crippen molar-refractivity contribution < 1.29 is 9.18 Å². The maximum absolute atomic E-state index is 13.0. The fraction of sp³-hybridized carbons (Fsp3) is 0.263. The number of hydrogen-bond donors (Lipinski definition) is 0. The molecule has 1 fully saturated rings. The Hall–Kier alpha value is -2.60. The monoisotopic (exact) mass is 372 g/mol. The molecule has 4 rings (SSSR count). The van der Waals surface area contributed by atoms with Crippen molar-refractivity contribution in [2.75, 3.05) is 31.1 Å². The molecule has 1 saturated heterocycles. The summed E-state index contributed by atoms with van der Waals surface area (Å²) in [7, 11) is 0. The molecule has 1 aliphatic heterocycles. The van der Waals surface area contributed by atoms with Crippen molar-refractivity contribution >= 4 is 28.8 Å². The van der Waals surface area contributed by atoms with Crippen LogP contribution in [0.4, 0.5) is 10.1 Å². The summed E-state index contributed by atoms with van der Waals surface area (Å²) in [5.41, 5.74) is 2.49. The van der Waals surface area contributed by atoms with Gasteiger partial charge in [0.15, 0.2) is 0 Å². The summed E-state index contributed by atoms with van der Waals surface area (Å²) in [5, 5.41) is 0.629. The quantitative estimate of drug-likeness (QED) is 0.709. The summed E-state index contributed by atoms with van der Waals surface area (Å²) in [6.07, 6.45) is 3.89. The van der Waals surface area contributed by atoms with E-state index in [2.05, 4.69) is 9.88 Å². The van der Waals surface area contributed by atoms with Crippen LogP contribution in [0.2, 0.25) is 5.02 Å². The first-order chi connectivity index (χ1) is 12.6. The molecule has 0 bridgehead atoms. The van der Waals surface area contributed by atoms with Gasteiger partial charge in [0.25, 0.3) is 0 Å². The number of imidazole rings is 1. The number of amides is 1. The zero-order chi connectivity index (χ0) is 18.1. The number of benzene rings is 1. The zero-order valence-electron chi connectivity index (χ0n) is 14.1. The number of rotatable bonds is 3. The predicted octanol–water partition coefficient (Wildman–Crippen LogP) is 3.02. The van der Waals surface area contributed by atoms with E-state index in [0.717, 1.165) is 30.1 Å². The van der Waals surface area contributed by atoms with Crippen LogP contribution < -0.4 is 4.90 Å². The Labute approximate surface area is 155 Å². The van der Waals surface area contributed by atoms with Crippen LogP contribution in [0.1, 0.15) is 5.69 Å². The molecule has 0 saturated carbocycles. The van der Waals surface area contributed by atoms with Crippen molar-refractivity contribution in [1.29, 1.82) is 0 Å². The second kappa shape index (κ2) is 6.96. The molecule has 0 atom stereocenters. The van der Waals surface area contributed by atoms with Crippen LogP contribution in [-0.2, 0) is 11.2 Å². The van der Waals surface area contributed by atoms with Gasteiger partial charge in [-0.2, -0.15) is 0 Å². The maximum atomic E-state index is 13.0. The highest BCUT2D eigenvalue weighted by Crippen LogP contribution is 2.18. The Morgan fingerprint density at radius 2 is 1.77 bits per heavy atom. The highest BCUT2D eigenvalue weighted by Gasteiger charge is 2.22. The molecule has 26 heavy (non-hydrogen) atoms. The lowest BCUT2D eigenvalue weighted by molar-refractivity contribution is -0.130. The van der Waals surface area contributed by atoms with Crippen molar-refractivity contribution in [1.82, 2.24) is 14.3 Å². The van der Waals surface area contributed by atoms with E-state index in [4.69, 9.17) is 11.6 Å². The van der Waals surface area contributed by atoms with Gasteiger partial charge in [-0.3, -0.25) is 4.79 Å². The minimum absolute atomic E-state index is 0.0678. The van der Waals surface area contributed by atoms with Crippen molar-refractivity contribution in [3.63, 3.8) is 0 Å². The largest absolute Gasteiger partial charge is 0.368 e. The molecule has 0 radical (unpaired) electrons. The van der Waals surface area contributed by atoms with Crippen molar-refractivity contribution in [3.05, 3.63) is 65.3 Å². The molecule has 3 aromatic rings. The van der Waals surface area contributed by atoms with Crippen molar-refractivity contribution in [2.24, 2.45) is 0 Å².